The van der Waals surface area contributed by atoms with Gasteiger partial charge in [-0.15, -0.1) is 5.10 Å². The maximum atomic E-state index is 11.4. The number of aryl methyl sites for hydroxylation is 1. The van der Waals surface area contributed by atoms with Crippen LogP contribution in [0.25, 0.3) is 16.6 Å². The van der Waals surface area contributed by atoms with E-state index in [1.807, 2.05) is 30.5 Å². The van der Waals surface area contributed by atoms with Crippen LogP contribution in [0.2, 0.25) is 0 Å². The molecule has 0 aliphatic rings. The molecule has 3 aromatic rings. The van der Waals surface area contributed by atoms with Crippen molar-refractivity contribution < 1.29 is 9.53 Å². The summed E-state index contributed by atoms with van der Waals surface area (Å²) < 4.78 is 6.57. The number of rotatable bonds is 5. The fourth-order valence-electron chi connectivity index (χ4n) is 2.23. The molecule has 0 fully saturated rings. The van der Waals surface area contributed by atoms with Crippen molar-refractivity contribution in [2.45, 2.75) is 19.8 Å². The zero-order chi connectivity index (χ0) is 14.7. The molecule has 0 unspecified atom stereocenters. The minimum Gasteiger partial charge on any atom is -0.466 e. The highest BCUT2D eigenvalue weighted by Crippen LogP contribution is 2.21. The predicted molar refractivity (Wildman–Crippen MR) is 76.0 cm³/mol. The van der Waals surface area contributed by atoms with E-state index < -0.39 is 0 Å². The first-order valence-corrected chi connectivity index (χ1v) is 6.79. The number of carbonyl (C=O) groups is 1. The molecule has 0 bridgehead atoms. The summed E-state index contributed by atoms with van der Waals surface area (Å²) in [6, 6.07) is 7.91. The Hall–Kier alpha value is -2.70. The summed E-state index contributed by atoms with van der Waals surface area (Å²) in [5, 5.41) is 12.7. The summed E-state index contributed by atoms with van der Waals surface area (Å²) in [6.45, 7) is 2.17. The number of carbonyl (C=O) groups excluding carboxylic acids is 1. The number of nitrogens with zero attached hydrogens (tertiary/aromatic N) is 4. The molecule has 7 heteroatoms. The van der Waals surface area contributed by atoms with E-state index in [0.29, 0.717) is 18.9 Å². The van der Waals surface area contributed by atoms with Crippen LogP contribution in [-0.2, 0) is 16.0 Å². The molecule has 0 radical (unpaired) electrons. The second kappa shape index (κ2) is 5.74. The zero-order valence-electron chi connectivity index (χ0n) is 11.6. The van der Waals surface area contributed by atoms with Gasteiger partial charge in [-0.2, -0.15) is 4.68 Å². The molecule has 0 atom stereocenters. The molecule has 0 amide bonds. The molecule has 0 saturated heterocycles. The molecule has 3 rings (SSSR count). The molecular weight excluding hydrogens is 270 g/mol. The van der Waals surface area contributed by atoms with Crippen molar-refractivity contribution in [2.24, 2.45) is 0 Å². The van der Waals surface area contributed by atoms with Crippen molar-refractivity contribution >= 4 is 16.9 Å². The molecule has 2 aromatic heterocycles. The molecule has 0 spiro atoms. The van der Waals surface area contributed by atoms with E-state index in [4.69, 9.17) is 4.74 Å². The Kier molecular flexibility index (Phi) is 3.63. The number of esters is 1. The number of hydrogen-bond donors (Lipinski definition) is 1. The van der Waals surface area contributed by atoms with Gasteiger partial charge >= 0.3 is 5.97 Å². The standard InChI is InChI=1S/C14H15N5O2/c1-2-21-14(20)8-7-13-16-17-18-19(13)12-9-15-11-6-4-3-5-10(11)12/h3-6,9,15H,2,7-8H2,1H3. The fraction of sp³-hybridized carbons (Fsp3) is 0.286. The van der Waals surface area contributed by atoms with Gasteiger partial charge in [0.2, 0.25) is 0 Å². The van der Waals surface area contributed by atoms with Crippen LogP contribution in [0.15, 0.2) is 30.5 Å². The van der Waals surface area contributed by atoms with Gasteiger partial charge in [-0.1, -0.05) is 18.2 Å². The van der Waals surface area contributed by atoms with Crippen molar-refractivity contribution in [2.75, 3.05) is 6.61 Å². The average Bonchev–Trinajstić information content (AvgIpc) is 3.11. The summed E-state index contributed by atoms with van der Waals surface area (Å²) in [4.78, 5) is 14.6. The maximum absolute atomic E-state index is 11.4. The Morgan fingerprint density at radius 2 is 2.24 bits per heavy atom. The van der Waals surface area contributed by atoms with Crippen LogP contribution in [0.1, 0.15) is 19.2 Å². The highest BCUT2D eigenvalue weighted by atomic mass is 16.5. The summed E-state index contributed by atoms with van der Waals surface area (Å²) in [6.07, 6.45) is 2.55. The van der Waals surface area contributed by atoms with Crippen molar-refractivity contribution in [1.82, 2.24) is 25.2 Å². The average molecular weight is 285 g/mol. The maximum Gasteiger partial charge on any atom is 0.306 e. The molecule has 0 saturated carbocycles. The van der Waals surface area contributed by atoms with E-state index in [1.54, 1.807) is 11.6 Å². The smallest absolute Gasteiger partial charge is 0.306 e. The summed E-state index contributed by atoms with van der Waals surface area (Å²) in [5.74, 6) is 0.388. The summed E-state index contributed by atoms with van der Waals surface area (Å²) in [7, 11) is 0. The molecule has 0 aliphatic carbocycles. The third-order valence-corrected chi connectivity index (χ3v) is 3.19. The van der Waals surface area contributed by atoms with Crippen LogP contribution in [0.5, 0.6) is 0 Å². The van der Waals surface area contributed by atoms with Crippen LogP contribution >= 0.6 is 0 Å². The number of aromatic amines is 1. The van der Waals surface area contributed by atoms with Gasteiger partial charge < -0.3 is 9.72 Å². The lowest BCUT2D eigenvalue weighted by Crippen LogP contribution is -2.09. The van der Waals surface area contributed by atoms with Crippen LogP contribution < -0.4 is 0 Å². The number of benzene rings is 1. The van der Waals surface area contributed by atoms with Gasteiger partial charge in [0.1, 0.15) is 0 Å². The van der Waals surface area contributed by atoms with Crippen molar-refractivity contribution in [3.05, 3.63) is 36.3 Å². The second-order valence-corrected chi connectivity index (χ2v) is 4.53. The normalized spacial score (nSPS) is 10.9. The predicted octanol–water partition coefficient (Wildman–Crippen LogP) is 1.64. The Morgan fingerprint density at radius 3 is 3.10 bits per heavy atom. The van der Waals surface area contributed by atoms with Crippen LogP contribution in [0.3, 0.4) is 0 Å². The van der Waals surface area contributed by atoms with Gasteiger partial charge in [-0.05, 0) is 23.4 Å². The van der Waals surface area contributed by atoms with E-state index in [9.17, 15) is 4.79 Å². The number of H-pyrrole nitrogens is 1. The lowest BCUT2D eigenvalue weighted by atomic mass is 10.2. The lowest BCUT2D eigenvalue weighted by molar-refractivity contribution is -0.143. The van der Waals surface area contributed by atoms with Crippen LogP contribution in [0, 0.1) is 0 Å². The third-order valence-electron chi connectivity index (χ3n) is 3.19. The minimum atomic E-state index is -0.244. The van der Waals surface area contributed by atoms with E-state index in [0.717, 1.165) is 16.6 Å². The van der Waals surface area contributed by atoms with Gasteiger partial charge in [0, 0.05) is 23.5 Å². The quantitative estimate of drug-likeness (QED) is 0.720. The Bertz CT molecular complexity index is 761. The highest BCUT2D eigenvalue weighted by molar-refractivity contribution is 5.88. The Balaban J connectivity index is 1.87. The van der Waals surface area contributed by atoms with E-state index >= 15 is 0 Å². The number of ether oxygens (including phenoxy) is 1. The van der Waals surface area contributed by atoms with Gasteiger partial charge in [0.05, 0.1) is 18.7 Å². The Labute approximate surface area is 120 Å². The zero-order valence-corrected chi connectivity index (χ0v) is 11.6. The van der Waals surface area contributed by atoms with Crippen LogP contribution in [-0.4, -0.2) is 37.8 Å². The second-order valence-electron chi connectivity index (χ2n) is 4.53. The van der Waals surface area contributed by atoms with Gasteiger partial charge in [-0.3, -0.25) is 4.79 Å². The molecule has 1 N–H and O–H groups in total. The van der Waals surface area contributed by atoms with E-state index in [1.165, 1.54) is 0 Å². The highest BCUT2D eigenvalue weighted by Gasteiger charge is 2.14. The van der Waals surface area contributed by atoms with Gasteiger partial charge in [0.15, 0.2) is 5.82 Å². The van der Waals surface area contributed by atoms with Crippen molar-refractivity contribution in [1.29, 1.82) is 0 Å². The molecule has 0 aliphatic heterocycles. The number of aromatic nitrogens is 5. The number of para-hydroxylation sites is 1. The fourth-order valence-corrected chi connectivity index (χ4v) is 2.23. The number of hydrogen-bond acceptors (Lipinski definition) is 5. The topological polar surface area (TPSA) is 85.7 Å². The first kappa shape index (κ1) is 13.3. The van der Waals surface area contributed by atoms with E-state index in [2.05, 4.69) is 20.5 Å². The Morgan fingerprint density at radius 1 is 1.38 bits per heavy atom. The minimum absolute atomic E-state index is 0.244. The van der Waals surface area contributed by atoms with Crippen LogP contribution in [0.4, 0.5) is 0 Å². The first-order valence-electron chi connectivity index (χ1n) is 6.79. The molecule has 108 valence electrons. The largest absolute Gasteiger partial charge is 0.466 e. The molecule has 2 heterocycles. The lowest BCUT2D eigenvalue weighted by Gasteiger charge is -2.03. The van der Waals surface area contributed by atoms with E-state index in [-0.39, 0.29) is 12.4 Å². The monoisotopic (exact) mass is 285 g/mol. The summed E-state index contributed by atoms with van der Waals surface area (Å²) >= 11 is 0. The molecular formula is C14H15N5O2. The third kappa shape index (κ3) is 2.62. The number of fused-ring (bicyclic) bond motifs is 1. The number of tetrazole rings is 1. The molecule has 1 aromatic carbocycles. The first-order chi connectivity index (χ1) is 10.3. The molecule has 21 heavy (non-hydrogen) atoms. The number of nitrogens with one attached hydrogen (secondary N) is 1. The van der Waals surface area contributed by atoms with Crippen molar-refractivity contribution in [3.8, 4) is 5.69 Å². The van der Waals surface area contributed by atoms with Crippen molar-refractivity contribution in [3.63, 3.8) is 0 Å². The van der Waals surface area contributed by atoms with Gasteiger partial charge in [0.25, 0.3) is 0 Å². The SMILES string of the molecule is CCOC(=O)CCc1nnnn1-c1c[nH]c2ccccc12. The summed E-state index contributed by atoms with van der Waals surface area (Å²) in [5.41, 5.74) is 1.88. The van der Waals surface area contributed by atoms with Gasteiger partial charge in [-0.25, -0.2) is 0 Å². The molecule has 7 nitrogen and oxygen atoms in total.